The van der Waals surface area contributed by atoms with E-state index < -0.39 is 11.3 Å². The molecule has 4 rings (SSSR count). The van der Waals surface area contributed by atoms with E-state index in [1.165, 1.54) is 12.1 Å². The van der Waals surface area contributed by atoms with E-state index in [4.69, 9.17) is 32.7 Å². The molecule has 1 unspecified atom stereocenters. The van der Waals surface area contributed by atoms with Crippen LogP contribution in [-0.4, -0.2) is 11.8 Å². The van der Waals surface area contributed by atoms with E-state index in [1.807, 2.05) is 12.1 Å². The monoisotopic (exact) mass is 424 g/mol. The molecule has 4 nitrogen and oxygen atoms in total. The Balaban J connectivity index is 1.53. The number of esters is 1. The molecule has 0 bridgehead atoms. The highest BCUT2D eigenvalue weighted by Crippen LogP contribution is 2.36. The Labute approximate surface area is 177 Å². The number of rotatable bonds is 4. The van der Waals surface area contributed by atoms with E-state index in [9.17, 15) is 9.59 Å². The van der Waals surface area contributed by atoms with Crippen LogP contribution in [0.15, 0.2) is 78.6 Å². The molecule has 3 aromatic rings. The number of allylic oxidation sites excluding steroid dienone is 1. The third kappa shape index (κ3) is 4.04. The third-order valence-corrected chi connectivity index (χ3v) is 5.13. The van der Waals surface area contributed by atoms with Crippen molar-refractivity contribution >= 4 is 41.0 Å². The maximum atomic E-state index is 12.6. The quantitative estimate of drug-likeness (QED) is 0.228. The van der Waals surface area contributed by atoms with Crippen molar-refractivity contribution in [2.75, 3.05) is 0 Å². The number of hydrogen-bond donors (Lipinski definition) is 0. The van der Waals surface area contributed by atoms with Crippen LogP contribution in [0.1, 0.15) is 26.9 Å². The molecule has 0 spiro atoms. The number of Topliss-reactive ketones (excluding diaryl/α,β-unsaturated/α-hetero) is 1. The fourth-order valence-electron chi connectivity index (χ4n) is 2.89. The second kappa shape index (κ2) is 8.11. The van der Waals surface area contributed by atoms with Gasteiger partial charge in [0.05, 0.1) is 5.56 Å². The van der Waals surface area contributed by atoms with Gasteiger partial charge in [0.2, 0.25) is 5.78 Å². The third-order valence-electron chi connectivity index (χ3n) is 4.35. The zero-order valence-electron chi connectivity index (χ0n) is 15.0. The minimum Gasteiger partial charge on any atom is -0.452 e. The molecule has 0 aromatic heterocycles. The number of benzene rings is 3. The van der Waals surface area contributed by atoms with Crippen LogP contribution < -0.4 is 9.47 Å². The van der Waals surface area contributed by atoms with Crippen LogP contribution in [0.25, 0.3) is 6.08 Å². The molecular weight excluding hydrogens is 411 g/mol. The lowest BCUT2D eigenvalue weighted by Gasteiger charge is -2.10. The number of alkyl halides is 1. The molecule has 6 heteroatoms. The lowest BCUT2D eigenvalue weighted by atomic mass is 10.1. The number of hydrogen-bond acceptors (Lipinski definition) is 4. The van der Waals surface area contributed by atoms with Gasteiger partial charge in [-0.3, -0.25) is 4.79 Å². The SMILES string of the molecule is O=C1/C(=C/c2ccccc2Cl)Oc2cc(OC(=O)C(Cl)c3ccccc3)ccc21. The Morgan fingerprint density at radius 1 is 1.00 bits per heavy atom. The normalized spacial score (nSPS) is 15.0. The van der Waals surface area contributed by atoms with Crippen molar-refractivity contribution in [2.45, 2.75) is 5.38 Å². The average molecular weight is 425 g/mol. The van der Waals surface area contributed by atoms with Gasteiger partial charge in [-0.15, -0.1) is 11.6 Å². The lowest BCUT2D eigenvalue weighted by Crippen LogP contribution is -2.14. The fourth-order valence-corrected chi connectivity index (χ4v) is 3.27. The first-order valence-electron chi connectivity index (χ1n) is 8.76. The summed E-state index contributed by atoms with van der Waals surface area (Å²) in [5.41, 5.74) is 1.69. The molecule has 0 N–H and O–H groups in total. The van der Waals surface area contributed by atoms with Crippen LogP contribution >= 0.6 is 23.2 Å². The maximum Gasteiger partial charge on any atom is 0.334 e. The first-order valence-corrected chi connectivity index (χ1v) is 9.58. The molecule has 1 atom stereocenters. The topological polar surface area (TPSA) is 52.6 Å². The standard InChI is InChI=1S/C23H14Cl2O4/c24-18-9-5-4-8-15(18)12-20-22(26)17-11-10-16(13-19(17)29-20)28-23(27)21(25)14-6-2-1-3-7-14/h1-13,21H/b20-12-. The van der Waals surface area contributed by atoms with E-state index in [0.29, 0.717) is 27.5 Å². The Bertz CT molecular complexity index is 1120. The van der Waals surface area contributed by atoms with Crippen LogP contribution in [0, 0.1) is 0 Å². The molecule has 0 fully saturated rings. The number of carbonyl (C=O) groups excluding carboxylic acids is 2. The van der Waals surface area contributed by atoms with E-state index >= 15 is 0 Å². The summed E-state index contributed by atoms with van der Waals surface area (Å²) >= 11 is 12.3. The number of ketones is 1. The first-order chi connectivity index (χ1) is 14.0. The summed E-state index contributed by atoms with van der Waals surface area (Å²) in [5.74, 6) is -0.186. The van der Waals surface area contributed by atoms with Gasteiger partial charge >= 0.3 is 5.97 Å². The van der Waals surface area contributed by atoms with Crippen molar-refractivity contribution in [1.82, 2.24) is 0 Å². The van der Waals surface area contributed by atoms with Gasteiger partial charge in [0, 0.05) is 11.1 Å². The number of fused-ring (bicyclic) bond motifs is 1. The van der Waals surface area contributed by atoms with Gasteiger partial charge in [0.25, 0.3) is 0 Å². The molecular formula is C23H14Cl2O4. The highest BCUT2D eigenvalue weighted by molar-refractivity contribution is 6.32. The second-order valence-corrected chi connectivity index (χ2v) is 7.16. The predicted octanol–water partition coefficient (Wildman–Crippen LogP) is 5.84. The van der Waals surface area contributed by atoms with Crippen LogP contribution in [0.2, 0.25) is 5.02 Å². The minimum atomic E-state index is -0.942. The van der Waals surface area contributed by atoms with Crippen LogP contribution in [0.5, 0.6) is 11.5 Å². The average Bonchev–Trinajstić information content (AvgIpc) is 3.04. The number of carbonyl (C=O) groups is 2. The Kier molecular flexibility index (Phi) is 5.38. The van der Waals surface area contributed by atoms with E-state index in [-0.39, 0.29) is 17.3 Å². The summed E-state index contributed by atoms with van der Waals surface area (Å²) in [7, 11) is 0. The number of halogens is 2. The summed E-state index contributed by atoms with van der Waals surface area (Å²) in [4.78, 5) is 24.9. The molecule has 3 aromatic carbocycles. The Morgan fingerprint density at radius 3 is 2.48 bits per heavy atom. The summed E-state index contributed by atoms with van der Waals surface area (Å²) in [6, 6.07) is 20.6. The predicted molar refractivity (Wildman–Crippen MR) is 112 cm³/mol. The summed E-state index contributed by atoms with van der Waals surface area (Å²) < 4.78 is 11.0. The molecule has 29 heavy (non-hydrogen) atoms. The molecule has 0 saturated heterocycles. The fraction of sp³-hybridized carbons (Fsp3) is 0.0435. The molecule has 1 aliphatic rings. The smallest absolute Gasteiger partial charge is 0.334 e. The molecule has 0 aliphatic carbocycles. The summed E-state index contributed by atoms with van der Waals surface area (Å²) in [5, 5.41) is -0.432. The maximum absolute atomic E-state index is 12.6. The van der Waals surface area contributed by atoms with Crippen LogP contribution in [0.4, 0.5) is 0 Å². The number of ether oxygens (including phenoxy) is 2. The van der Waals surface area contributed by atoms with Crippen molar-refractivity contribution < 1.29 is 19.1 Å². The van der Waals surface area contributed by atoms with Gasteiger partial charge in [-0.25, -0.2) is 4.79 Å². The van der Waals surface area contributed by atoms with Crippen molar-refractivity contribution in [3.63, 3.8) is 0 Å². The van der Waals surface area contributed by atoms with E-state index in [0.717, 1.165) is 0 Å². The lowest BCUT2D eigenvalue weighted by molar-refractivity contribution is -0.134. The summed E-state index contributed by atoms with van der Waals surface area (Å²) in [6.45, 7) is 0. The zero-order valence-corrected chi connectivity index (χ0v) is 16.5. The van der Waals surface area contributed by atoms with Gasteiger partial charge in [-0.1, -0.05) is 60.1 Å². The van der Waals surface area contributed by atoms with Gasteiger partial charge in [0.1, 0.15) is 11.5 Å². The highest BCUT2D eigenvalue weighted by Gasteiger charge is 2.29. The van der Waals surface area contributed by atoms with Gasteiger partial charge < -0.3 is 9.47 Å². The molecule has 144 valence electrons. The summed E-state index contributed by atoms with van der Waals surface area (Å²) in [6.07, 6.45) is 1.58. The molecule has 0 radical (unpaired) electrons. The zero-order chi connectivity index (χ0) is 20.4. The Morgan fingerprint density at radius 2 is 1.72 bits per heavy atom. The van der Waals surface area contributed by atoms with Crippen LogP contribution in [-0.2, 0) is 4.79 Å². The first kappa shape index (κ1) is 19.2. The van der Waals surface area contributed by atoms with Gasteiger partial charge in [-0.2, -0.15) is 0 Å². The van der Waals surface area contributed by atoms with Crippen molar-refractivity contribution in [3.8, 4) is 11.5 Å². The van der Waals surface area contributed by atoms with E-state index in [1.54, 1.807) is 54.6 Å². The van der Waals surface area contributed by atoms with Crippen molar-refractivity contribution in [1.29, 1.82) is 0 Å². The van der Waals surface area contributed by atoms with Gasteiger partial charge in [0.15, 0.2) is 11.1 Å². The highest BCUT2D eigenvalue weighted by atomic mass is 35.5. The van der Waals surface area contributed by atoms with E-state index in [2.05, 4.69) is 0 Å². The minimum absolute atomic E-state index is 0.149. The molecule has 1 heterocycles. The van der Waals surface area contributed by atoms with Gasteiger partial charge in [-0.05, 0) is 35.4 Å². The Hall–Kier alpha value is -3.08. The largest absolute Gasteiger partial charge is 0.452 e. The van der Waals surface area contributed by atoms with Crippen molar-refractivity contribution in [2.24, 2.45) is 0 Å². The second-order valence-electron chi connectivity index (χ2n) is 6.31. The molecule has 0 saturated carbocycles. The molecule has 1 aliphatic heterocycles. The van der Waals surface area contributed by atoms with Crippen LogP contribution in [0.3, 0.4) is 0 Å². The molecule has 0 amide bonds. The van der Waals surface area contributed by atoms with Crippen molar-refractivity contribution in [3.05, 3.63) is 100 Å².